The topological polar surface area (TPSA) is 81.8 Å². The highest BCUT2D eigenvalue weighted by molar-refractivity contribution is 9.10. The van der Waals surface area contributed by atoms with Crippen molar-refractivity contribution in [2.24, 2.45) is 0 Å². The van der Waals surface area contributed by atoms with E-state index in [4.69, 9.17) is 0 Å². The van der Waals surface area contributed by atoms with Crippen LogP contribution < -0.4 is 15.5 Å². The van der Waals surface area contributed by atoms with Gasteiger partial charge in [-0.25, -0.2) is 4.79 Å². The van der Waals surface area contributed by atoms with Crippen molar-refractivity contribution in [3.05, 3.63) is 64.1 Å². The Bertz CT molecular complexity index is 996. The quantitative estimate of drug-likeness (QED) is 0.561. The van der Waals surface area contributed by atoms with E-state index in [1.807, 2.05) is 31.2 Å². The van der Waals surface area contributed by atoms with E-state index >= 15 is 0 Å². The highest BCUT2D eigenvalue weighted by atomic mass is 79.9. The van der Waals surface area contributed by atoms with Crippen molar-refractivity contribution in [3.63, 3.8) is 0 Å². The molecule has 164 valence electrons. The summed E-state index contributed by atoms with van der Waals surface area (Å²) in [4.78, 5) is 41.0. The zero-order valence-electron chi connectivity index (χ0n) is 17.9. The summed E-state index contributed by atoms with van der Waals surface area (Å²) in [6, 6.07) is 14.8. The van der Waals surface area contributed by atoms with Crippen LogP contribution in [-0.2, 0) is 15.1 Å². The average Bonchev–Trinajstić information content (AvgIpc) is 2.95. The van der Waals surface area contributed by atoms with Gasteiger partial charge in [-0.05, 0) is 56.2 Å². The Balaban J connectivity index is 1.58. The van der Waals surface area contributed by atoms with E-state index in [2.05, 4.69) is 44.5 Å². The Kier molecular flexibility index (Phi) is 7.00. The predicted octanol–water partition coefficient (Wildman–Crippen LogP) is 3.17. The van der Waals surface area contributed by atoms with Crippen LogP contribution in [0.1, 0.15) is 25.0 Å². The van der Waals surface area contributed by atoms with Gasteiger partial charge in [-0.15, -0.1) is 0 Å². The fraction of sp³-hybridized carbons (Fsp3) is 0.348. The number of urea groups is 1. The van der Waals surface area contributed by atoms with E-state index in [0.717, 1.165) is 21.6 Å². The molecule has 0 radical (unpaired) electrons. The molecule has 0 unspecified atom stereocenters. The Morgan fingerprint density at radius 3 is 2.61 bits per heavy atom. The van der Waals surface area contributed by atoms with Gasteiger partial charge in [-0.1, -0.05) is 40.2 Å². The molecule has 0 saturated carbocycles. The number of benzene rings is 2. The number of hydrogen-bond acceptors (Lipinski definition) is 4. The number of imide groups is 1. The van der Waals surface area contributed by atoms with E-state index in [0.29, 0.717) is 18.7 Å². The lowest BCUT2D eigenvalue weighted by molar-refractivity contribution is -0.134. The van der Waals surface area contributed by atoms with Crippen molar-refractivity contribution in [2.75, 3.05) is 31.1 Å². The lowest BCUT2D eigenvalue weighted by Crippen LogP contribution is -2.44. The SMILES string of the molecule is CCN(CCNC(=O)CN1C(=O)N[C@@](C)(c2cccc(Br)c2)C1=O)c1cccc(C)c1. The van der Waals surface area contributed by atoms with Gasteiger partial charge in [-0.2, -0.15) is 0 Å². The fourth-order valence-corrected chi connectivity index (χ4v) is 4.06. The lowest BCUT2D eigenvalue weighted by atomic mass is 9.92. The third-order valence-corrected chi connectivity index (χ3v) is 5.92. The molecule has 31 heavy (non-hydrogen) atoms. The summed E-state index contributed by atoms with van der Waals surface area (Å²) in [6.45, 7) is 7.27. The Hall–Kier alpha value is -2.87. The Morgan fingerprint density at radius 1 is 1.19 bits per heavy atom. The molecule has 0 spiro atoms. The van der Waals surface area contributed by atoms with E-state index in [1.165, 1.54) is 5.56 Å². The molecule has 2 aromatic rings. The number of likely N-dealkylation sites (N-methyl/N-ethyl adjacent to an activating group) is 1. The van der Waals surface area contributed by atoms with Gasteiger partial charge in [0.2, 0.25) is 5.91 Å². The van der Waals surface area contributed by atoms with Gasteiger partial charge in [0.15, 0.2) is 0 Å². The summed E-state index contributed by atoms with van der Waals surface area (Å²) in [5, 5.41) is 5.53. The number of amides is 4. The van der Waals surface area contributed by atoms with Gasteiger partial charge in [0.05, 0.1) is 0 Å². The highest BCUT2D eigenvalue weighted by Gasteiger charge is 2.49. The van der Waals surface area contributed by atoms with Crippen molar-refractivity contribution in [1.29, 1.82) is 0 Å². The van der Waals surface area contributed by atoms with E-state index in [-0.39, 0.29) is 12.5 Å². The maximum absolute atomic E-state index is 13.0. The second-order valence-corrected chi connectivity index (χ2v) is 8.64. The Morgan fingerprint density at radius 2 is 1.94 bits per heavy atom. The van der Waals surface area contributed by atoms with Crippen LogP contribution in [-0.4, -0.2) is 48.9 Å². The predicted molar refractivity (Wildman–Crippen MR) is 124 cm³/mol. The van der Waals surface area contributed by atoms with Crippen molar-refractivity contribution >= 4 is 39.5 Å². The van der Waals surface area contributed by atoms with Crippen molar-refractivity contribution in [1.82, 2.24) is 15.5 Å². The largest absolute Gasteiger partial charge is 0.370 e. The molecule has 1 aliphatic heterocycles. The summed E-state index contributed by atoms with van der Waals surface area (Å²) >= 11 is 3.38. The molecule has 3 rings (SSSR count). The van der Waals surface area contributed by atoms with Crippen LogP contribution in [0.2, 0.25) is 0 Å². The summed E-state index contributed by atoms with van der Waals surface area (Å²) in [6.07, 6.45) is 0. The number of nitrogens with zero attached hydrogens (tertiary/aromatic N) is 2. The monoisotopic (exact) mass is 486 g/mol. The third-order valence-electron chi connectivity index (χ3n) is 5.43. The van der Waals surface area contributed by atoms with Gasteiger partial charge in [0.25, 0.3) is 5.91 Å². The van der Waals surface area contributed by atoms with E-state index in [1.54, 1.807) is 25.1 Å². The van der Waals surface area contributed by atoms with Crippen molar-refractivity contribution < 1.29 is 14.4 Å². The number of nitrogens with one attached hydrogen (secondary N) is 2. The van der Waals surface area contributed by atoms with Crippen LogP contribution in [0.5, 0.6) is 0 Å². The van der Waals surface area contributed by atoms with Crippen LogP contribution in [0.15, 0.2) is 53.0 Å². The molecular weight excluding hydrogens is 460 g/mol. The minimum Gasteiger partial charge on any atom is -0.370 e. The molecule has 2 aromatic carbocycles. The summed E-state index contributed by atoms with van der Waals surface area (Å²) in [5.74, 6) is -0.817. The standard InChI is InChI=1S/C23H27BrN4O3/c1-4-27(19-10-5-7-16(2)13-19)12-11-25-20(29)15-28-21(30)23(3,26-22(28)31)17-8-6-9-18(24)14-17/h5-10,13-14H,4,11-12,15H2,1-3H3,(H,25,29)(H,26,31)/t23-/m0/s1. The first-order valence-electron chi connectivity index (χ1n) is 10.2. The van der Waals surface area contributed by atoms with Crippen molar-refractivity contribution in [2.45, 2.75) is 26.3 Å². The summed E-state index contributed by atoms with van der Waals surface area (Å²) in [7, 11) is 0. The minimum atomic E-state index is -1.20. The first-order chi connectivity index (χ1) is 14.7. The second-order valence-electron chi connectivity index (χ2n) is 7.73. The molecule has 1 atom stereocenters. The smallest absolute Gasteiger partial charge is 0.325 e. The second kappa shape index (κ2) is 9.51. The zero-order chi connectivity index (χ0) is 22.6. The number of aryl methyl sites for hydroxylation is 1. The molecule has 7 nitrogen and oxygen atoms in total. The van der Waals surface area contributed by atoms with E-state index < -0.39 is 17.5 Å². The van der Waals surface area contributed by atoms with Crippen LogP contribution >= 0.6 is 15.9 Å². The van der Waals surface area contributed by atoms with Crippen LogP contribution in [0, 0.1) is 6.92 Å². The number of carbonyl (C=O) groups excluding carboxylic acids is 3. The van der Waals surface area contributed by atoms with E-state index in [9.17, 15) is 14.4 Å². The van der Waals surface area contributed by atoms with Crippen molar-refractivity contribution in [3.8, 4) is 0 Å². The Labute approximate surface area is 190 Å². The first-order valence-corrected chi connectivity index (χ1v) is 11.0. The molecule has 4 amide bonds. The molecular formula is C23H27BrN4O3. The van der Waals surface area contributed by atoms with Gasteiger partial charge >= 0.3 is 6.03 Å². The summed E-state index contributed by atoms with van der Waals surface area (Å²) in [5.41, 5.74) is 1.72. The number of carbonyl (C=O) groups is 3. The highest BCUT2D eigenvalue weighted by Crippen LogP contribution is 2.30. The molecule has 0 aromatic heterocycles. The molecule has 8 heteroatoms. The molecule has 0 aliphatic carbocycles. The molecule has 1 aliphatic rings. The van der Waals surface area contributed by atoms with Gasteiger partial charge < -0.3 is 15.5 Å². The van der Waals surface area contributed by atoms with Crippen LogP contribution in [0.3, 0.4) is 0 Å². The van der Waals surface area contributed by atoms with Crippen LogP contribution in [0.25, 0.3) is 0 Å². The maximum atomic E-state index is 13.0. The first kappa shape index (κ1) is 22.8. The zero-order valence-corrected chi connectivity index (χ0v) is 19.5. The molecule has 1 heterocycles. The minimum absolute atomic E-state index is 0.315. The molecule has 2 N–H and O–H groups in total. The number of anilines is 1. The van der Waals surface area contributed by atoms with Gasteiger partial charge in [0.1, 0.15) is 12.1 Å². The van der Waals surface area contributed by atoms with Gasteiger partial charge in [-0.3, -0.25) is 14.5 Å². The molecule has 0 bridgehead atoms. The molecule has 1 saturated heterocycles. The number of halogens is 1. The summed E-state index contributed by atoms with van der Waals surface area (Å²) < 4.78 is 0.804. The third kappa shape index (κ3) is 5.07. The fourth-order valence-electron chi connectivity index (χ4n) is 3.66. The average molecular weight is 487 g/mol. The molecule has 1 fully saturated rings. The lowest BCUT2D eigenvalue weighted by Gasteiger charge is -2.24. The maximum Gasteiger partial charge on any atom is 0.325 e. The van der Waals surface area contributed by atoms with Crippen LogP contribution in [0.4, 0.5) is 10.5 Å². The van der Waals surface area contributed by atoms with Gasteiger partial charge in [0, 0.05) is 29.8 Å². The number of rotatable bonds is 8. The normalized spacial score (nSPS) is 18.1. The number of hydrogen-bond donors (Lipinski definition) is 2.